The lowest BCUT2D eigenvalue weighted by Gasteiger charge is -2.31. The Morgan fingerprint density at radius 3 is 2.78 bits per heavy atom. The molecule has 1 aliphatic carbocycles. The van der Waals surface area contributed by atoms with Crippen molar-refractivity contribution in [1.82, 2.24) is 14.3 Å². The van der Waals surface area contributed by atoms with Gasteiger partial charge in [-0.2, -0.15) is 17.4 Å². The minimum atomic E-state index is -3.26. The Labute approximate surface area is 110 Å². The van der Waals surface area contributed by atoms with E-state index in [-0.39, 0.29) is 6.04 Å². The van der Waals surface area contributed by atoms with Crippen molar-refractivity contribution in [3.05, 3.63) is 0 Å². The summed E-state index contributed by atoms with van der Waals surface area (Å²) in [6.07, 6.45) is 4.15. The summed E-state index contributed by atoms with van der Waals surface area (Å²) in [5.74, 6) is 0.999. The van der Waals surface area contributed by atoms with E-state index in [2.05, 4.69) is 17.0 Å². The summed E-state index contributed by atoms with van der Waals surface area (Å²) in [5, 5.41) is 3.14. The van der Waals surface area contributed by atoms with Crippen LogP contribution in [0.4, 0.5) is 0 Å². The Hall–Kier alpha value is -0.170. The van der Waals surface area contributed by atoms with E-state index < -0.39 is 10.2 Å². The number of nitrogens with one attached hydrogen (secondary N) is 2. The van der Waals surface area contributed by atoms with Gasteiger partial charge in [-0.05, 0) is 44.7 Å². The second kappa shape index (κ2) is 5.86. The lowest BCUT2D eigenvalue weighted by molar-refractivity contribution is 0.260. The van der Waals surface area contributed by atoms with Gasteiger partial charge in [0.1, 0.15) is 0 Å². The summed E-state index contributed by atoms with van der Waals surface area (Å²) in [6, 6.07) is 0.185. The molecule has 0 aromatic carbocycles. The number of piperidine rings is 1. The van der Waals surface area contributed by atoms with Gasteiger partial charge in [0.15, 0.2) is 0 Å². The van der Waals surface area contributed by atoms with Gasteiger partial charge < -0.3 is 5.32 Å². The molecule has 2 rings (SSSR count). The molecule has 3 unspecified atom stereocenters. The molecule has 0 aromatic rings. The van der Waals surface area contributed by atoms with Gasteiger partial charge in [-0.1, -0.05) is 13.3 Å². The molecular weight excluding hydrogens is 250 g/mol. The van der Waals surface area contributed by atoms with Gasteiger partial charge in [-0.25, -0.2) is 0 Å². The molecule has 2 N–H and O–H groups in total. The van der Waals surface area contributed by atoms with Crippen LogP contribution >= 0.6 is 0 Å². The summed E-state index contributed by atoms with van der Waals surface area (Å²) < 4.78 is 29.0. The van der Waals surface area contributed by atoms with Crippen molar-refractivity contribution in [2.24, 2.45) is 11.8 Å². The van der Waals surface area contributed by atoms with Crippen LogP contribution in [0.15, 0.2) is 0 Å². The fourth-order valence-corrected chi connectivity index (χ4v) is 4.41. The minimum absolute atomic E-state index is 0.185. The Morgan fingerprint density at radius 2 is 2.17 bits per heavy atom. The lowest BCUT2D eigenvalue weighted by atomic mass is 10.00. The first kappa shape index (κ1) is 14.2. The predicted octanol–water partition coefficient (Wildman–Crippen LogP) is 0.551. The maximum atomic E-state index is 12.2. The third kappa shape index (κ3) is 3.44. The molecule has 3 atom stereocenters. The van der Waals surface area contributed by atoms with Crippen LogP contribution in [-0.2, 0) is 10.2 Å². The Bertz CT molecular complexity index is 370. The van der Waals surface area contributed by atoms with Gasteiger partial charge in [0.2, 0.25) is 0 Å². The fourth-order valence-electron chi connectivity index (χ4n) is 2.81. The molecule has 0 amide bonds. The second-order valence-electron chi connectivity index (χ2n) is 5.56. The highest BCUT2D eigenvalue weighted by molar-refractivity contribution is 7.87. The fraction of sp³-hybridized carbons (Fsp3) is 1.00. The highest BCUT2D eigenvalue weighted by Crippen LogP contribution is 2.34. The molecule has 5 nitrogen and oxygen atoms in total. The topological polar surface area (TPSA) is 61.4 Å². The Morgan fingerprint density at radius 1 is 1.39 bits per heavy atom. The second-order valence-corrected chi connectivity index (χ2v) is 7.26. The smallest absolute Gasteiger partial charge is 0.279 e. The van der Waals surface area contributed by atoms with E-state index in [1.807, 2.05) is 7.05 Å². The number of hydrogen-bond donors (Lipinski definition) is 2. The quantitative estimate of drug-likeness (QED) is 0.744. The molecule has 0 spiro atoms. The average molecular weight is 275 g/mol. The van der Waals surface area contributed by atoms with Crippen LogP contribution in [0.5, 0.6) is 0 Å². The molecule has 2 aliphatic rings. The summed E-state index contributed by atoms with van der Waals surface area (Å²) in [5.41, 5.74) is 0. The van der Waals surface area contributed by atoms with Crippen LogP contribution in [0.1, 0.15) is 32.6 Å². The van der Waals surface area contributed by atoms with Gasteiger partial charge in [-0.3, -0.25) is 0 Å². The van der Waals surface area contributed by atoms with Crippen molar-refractivity contribution in [3.63, 3.8) is 0 Å². The largest absolute Gasteiger partial charge is 0.319 e. The summed E-state index contributed by atoms with van der Waals surface area (Å²) in [4.78, 5) is 0. The summed E-state index contributed by atoms with van der Waals surface area (Å²) >= 11 is 0. The van der Waals surface area contributed by atoms with Crippen LogP contribution in [0, 0.1) is 11.8 Å². The minimum Gasteiger partial charge on any atom is -0.319 e. The van der Waals surface area contributed by atoms with E-state index >= 15 is 0 Å². The molecule has 18 heavy (non-hydrogen) atoms. The van der Waals surface area contributed by atoms with Gasteiger partial charge >= 0.3 is 0 Å². The van der Waals surface area contributed by atoms with Crippen molar-refractivity contribution in [1.29, 1.82) is 0 Å². The Kier molecular flexibility index (Phi) is 4.64. The Balaban J connectivity index is 1.88. The predicted molar refractivity (Wildman–Crippen MR) is 72.5 cm³/mol. The van der Waals surface area contributed by atoms with Gasteiger partial charge in [0.05, 0.1) is 0 Å². The SMILES string of the molecule is CCC1CC1NS(=O)(=O)N1CCCC(CNC)C1. The van der Waals surface area contributed by atoms with Crippen LogP contribution in [0.3, 0.4) is 0 Å². The first-order valence-corrected chi connectivity index (χ1v) is 8.42. The third-order valence-corrected chi connectivity index (χ3v) is 5.67. The third-order valence-electron chi connectivity index (χ3n) is 4.06. The van der Waals surface area contributed by atoms with Crippen LogP contribution in [-0.4, -0.2) is 45.4 Å². The van der Waals surface area contributed by atoms with E-state index in [0.717, 1.165) is 32.2 Å². The van der Waals surface area contributed by atoms with E-state index in [1.54, 1.807) is 4.31 Å². The molecule has 106 valence electrons. The van der Waals surface area contributed by atoms with Crippen molar-refractivity contribution in [2.45, 2.75) is 38.6 Å². The van der Waals surface area contributed by atoms with Crippen LogP contribution in [0.2, 0.25) is 0 Å². The van der Waals surface area contributed by atoms with Gasteiger partial charge in [0.25, 0.3) is 10.2 Å². The molecule has 1 aliphatic heterocycles. The monoisotopic (exact) mass is 275 g/mol. The highest BCUT2D eigenvalue weighted by Gasteiger charge is 2.40. The maximum absolute atomic E-state index is 12.2. The molecule has 0 aromatic heterocycles. The first-order valence-electron chi connectivity index (χ1n) is 6.98. The zero-order chi connectivity index (χ0) is 13.2. The molecule has 0 radical (unpaired) electrons. The van der Waals surface area contributed by atoms with Crippen molar-refractivity contribution < 1.29 is 8.42 Å². The summed E-state index contributed by atoms with van der Waals surface area (Å²) in [7, 11) is -1.34. The molecule has 1 saturated heterocycles. The van der Waals surface area contributed by atoms with Gasteiger partial charge in [-0.15, -0.1) is 0 Å². The number of hydrogen-bond acceptors (Lipinski definition) is 3. The molecule has 0 bridgehead atoms. The van der Waals surface area contributed by atoms with E-state index in [1.165, 1.54) is 0 Å². The lowest BCUT2D eigenvalue weighted by Crippen LogP contribution is -2.48. The zero-order valence-corrected chi connectivity index (χ0v) is 12.2. The molecular formula is C12H25N3O2S. The van der Waals surface area contributed by atoms with Crippen molar-refractivity contribution in [2.75, 3.05) is 26.7 Å². The molecule has 6 heteroatoms. The van der Waals surface area contributed by atoms with Crippen molar-refractivity contribution in [3.8, 4) is 0 Å². The molecule has 1 heterocycles. The van der Waals surface area contributed by atoms with Gasteiger partial charge in [0, 0.05) is 19.1 Å². The maximum Gasteiger partial charge on any atom is 0.279 e. The number of rotatable bonds is 6. The van der Waals surface area contributed by atoms with E-state index in [9.17, 15) is 8.42 Å². The van der Waals surface area contributed by atoms with Crippen LogP contribution < -0.4 is 10.0 Å². The first-order chi connectivity index (χ1) is 8.56. The summed E-state index contributed by atoms with van der Waals surface area (Å²) in [6.45, 7) is 4.33. The molecule has 1 saturated carbocycles. The van der Waals surface area contributed by atoms with Crippen molar-refractivity contribution >= 4 is 10.2 Å². The standard InChI is InChI=1S/C12H25N3O2S/c1-3-11-7-12(11)14-18(16,17)15-6-4-5-10(9-15)8-13-2/h10-14H,3-9H2,1-2H3. The van der Waals surface area contributed by atoms with E-state index in [4.69, 9.17) is 0 Å². The normalized spacial score (nSPS) is 33.6. The highest BCUT2D eigenvalue weighted by atomic mass is 32.2. The average Bonchev–Trinajstić information content (AvgIpc) is 3.07. The van der Waals surface area contributed by atoms with E-state index in [0.29, 0.717) is 24.9 Å². The number of nitrogens with zero attached hydrogens (tertiary/aromatic N) is 1. The molecule has 2 fully saturated rings. The zero-order valence-electron chi connectivity index (χ0n) is 11.4. The van der Waals surface area contributed by atoms with Crippen LogP contribution in [0.25, 0.3) is 0 Å².